The molecule has 4 heterocycles. The van der Waals surface area contributed by atoms with E-state index < -0.39 is 0 Å². The Bertz CT molecular complexity index is 959. The van der Waals surface area contributed by atoms with Crippen LogP contribution in [0, 0.1) is 6.92 Å². The van der Waals surface area contributed by atoms with Gasteiger partial charge in [-0.05, 0) is 36.7 Å². The predicted octanol–water partition coefficient (Wildman–Crippen LogP) is 3.87. The summed E-state index contributed by atoms with van der Waals surface area (Å²) in [4.78, 5) is 13.9. The summed E-state index contributed by atoms with van der Waals surface area (Å²) >= 11 is 8.56. The minimum Gasteiger partial charge on any atom is -0.264 e. The van der Waals surface area contributed by atoms with Gasteiger partial charge >= 0.3 is 0 Å². The molecule has 0 fully saturated rings. The molecule has 114 valence electrons. The van der Waals surface area contributed by atoms with Crippen LogP contribution in [0.5, 0.6) is 0 Å². The van der Waals surface area contributed by atoms with E-state index in [0.29, 0.717) is 5.13 Å². The third-order valence-electron chi connectivity index (χ3n) is 3.11. The lowest BCUT2D eigenvalue weighted by atomic mass is 10.3. The van der Waals surface area contributed by atoms with Crippen LogP contribution >= 0.6 is 34.5 Å². The summed E-state index contributed by atoms with van der Waals surface area (Å²) in [6.07, 6.45) is 5.40. The molecule has 0 spiro atoms. The fourth-order valence-electron chi connectivity index (χ4n) is 2.09. The zero-order valence-electron chi connectivity index (χ0n) is 11.8. The van der Waals surface area contributed by atoms with Gasteiger partial charge in [0.2, 0.25) is 10.4 Å². The highest BCUT2D eigenvalue weighted by Gasteiger charge is 2.15. The van der Waals surface area contributed by atoms with Gasteiger partial charge in [0.15, 0.2) is 0 Å². The van der Waals surface area contributed by atoms with E-state index in [1.165, 1.54) is 11.5 Å². The van der Waals surface area contributed by atoms with E-state index in [9.17, 15) is 0 Å². The number of rotatable bonds is 3. The molecule has 0 aliphatic carbocycles. The van der Waals surface area contributed by atoms with Crippen molar-refractivity contribution in [2.75, 3.05) is 0 Å². The number of nitrogens with zero attached hydrogens (tertiary/aromatic N) is 6. The van der Waals surface area contributed by atoms with E-state index in [1.54, 1.807) is 22.2 Å². The molecular formula is C14H9ClN6S2. The van der Waals surface area contributed by atoms with Gasteiger partial charge in [-0.15, -0.1) is 11.3 Å². The molecule has 0 unspecified atom stereocenters. The Labute approximate surface area is 144 Å². The molecule has 9 heteroatoms. The van der Waals surface area contributed by atoms with Gasteiger partial charge in [-0.2, -0.15) is 14.5 Å². The largest absolute Gasteiger partial charge is 0.264 e. The Morgan fingerprint density at radius 1 is 1.22 bits per heavy atom. The van der Waals surface area contributed by atoms with E-state index >= 15 is 0 Å². The highest BCUT2D eigenvalue weighted by Crippen LogP contribution is 2.34. The van der Waals surface area contributed by atoms with Crippen molar-refractivity contribution >= 4 is 34.5 Å². The zero-order valence-corrected chi connectivity index (χ0v) is 14.2. The molecule has 4 aromatic rings. The van der Waals surface area contributed by atoms with Gasteiger partial charge in [0.1, 0.15) is 10.7 Å². The van der Waals surface area contributed by atoms with Crippen molar-refractivity contribution in [1.82, 2.24) is 29.1 Å². The van der Waals surface area contributed by atoms with Crippen molar-refractivity contribution in [3.63, 3.8) is 0 Å². The highest BCUT2D eigenvalue weighted by atomic mass is 35.5. The molecule has 4 aromatic heterocycles. The van der Waals surface area contributed by atoms with Crippen LogP contribution in [0.15, 0.2) is 36.8 Å². The van der Waals surface area contributed by atoms with Gasteiger partial charge in [0, 0.05) is 35.7 Å². The third-order valence-corrected chi connectivity index (χ3v) is 5.32. The van der Waals surface area contributed by atoms with Crippen molar-refractivity contribution in [2.24, 2.45) is 0 Å². The van der Waals surface area contributed by atoms with Crippen molar-refractivity contribution in [3.05, 3.63) is 47.8 Å². The molecule has 0 aliphatic rings. The maximum absolute atomic E-state index is 5.76. The molecule has 0 saturated carbocycles. The molecule has 4 rings (SSSR count). The van der Waals surface area contributed by atoms with Crippen LogP contribution in [0.25, 0.3) is 26.3 Å². The van der Waals surface area contributed by atoms with E-state index in [4.69, 9.17) is 11.6 Å². The van der Waals surface area contributed by atoms with Gasteiger partial charge in [0.25, 0.3) is 0 Å². The van der Waals surface area contributed by atoms with E-state index in [2.05, 4.69) is 24.4 Å². The Kier molecular flexibility index (Phi) is 3.64. The van der Waals surface area contributed by atoms with E-state index in [1.807, 2.05) is 37.5 Å². The highest BCUT2D eigenvalue weighted by molar-refractivity contribution is 7.18. The summed E-state index contributed by atoms with van der Waals surface area (Å²) < 4.78 is 5.62. The predicted molar refractivity (Wildman–Crippen MR) is 91.1 cm³/mol. The van der Waals surface area contributed by atoms with Crippen LogP contribution in [-0.4, -0.2) is 29.1 Å². The summed E-state index contributed by atoms with van der Waals surface area (Å²) in [7, 11) is 0. The minimum atomic E-state index is 0.231. The lowest BCUT2D eigenvalue weighted by Gasteiger charge is -1.93. The normalized spacial score (nSPS) is 11.0. The summed E-state index contributed by atoms with van der Waals surface area (Å²) in [5, 5.41) is 6.35. The Balaban J connectivity index is 1.72. The number of hydrogen-bond donors (Lipinski definition) is 0. The van der Waals surface area contributed by atoms with Crippen LogP contribution in [0.3, 0.4) is 0 Å². The van der Waals surface area contributed by atoms with E-state index in [0.717, 1.165) is 26.8 Å². The summed E-state index contributed by atoms with van der Waals surface area (Å²) in [6, 6.07) is 5.83. The Hall–Kier alpha value is -2.16. The smallest absolute Gasteiger partial charge is 0.236 e. The van der Waals surface area contributed by atoms with Gasteiger partial charge in [-0.25, -0.2) is 9.67 Å². The quantitative estimate of drug-likeness (QED) is 0.554. The van der Waals surface area contributed by atoms with Crippen molar-refractivity contribution < 1.29 is 0 Å². The van der Waals surface area contributed by atoms with Crippen LogP contribution < -0.4 is 0 Å². The second kappa shape index (κ2) is 5.80. The maximum Gasteiger partial charge on any atom is 0.236 e. The molecule has 0 aliphatic heterocycles. The molecule has 0 radical (unpaired) electrons. The average Bonchev–Trinajstić information content (AvgIpc) is 3.27. The van der Waals surface area contributed by atoms with Gasteiger partial charge in [-0.1, -0.05) is 0 Å². The average molecular weight is 361 g/mol. The van der Waals surface area contributed by atoms with Crippen molar-refractivity contribution in [3.8, 4) is 26.3 Å². The van der Waals surface area contributed by atoms with E-state index in [-0.39, 0.29) is 5.28 Å². The van der Waals surface area contributed by atoms with Crippen molar-refractivity contribution in [1.29, 1.82) is 0 Å². The molecular weight excluding hydrogens is 352 g/mol. The fourth-order valence-corrected chi connectivity index (χ4v) is 3.86. The van der Waals surface area contributed by atoms with Gasteiger partial charge < -0.3 is 0 Å². The third kappa shape index (κ3) is 2.76. The Morgan fingerprint density at radius 3 is 2.87 bits per heavy atom. The first-order valence-electron chi connectivity index (χ1n) is 6.64. The van der Waals surface area contributed by atoms with Gasteiger partial charge in [-0.3, -0.25) is 4.98 Å². The topological polar surface area (TPSA) is 69.4 Å². The summed E-state index contributed by atoms with van der Waals surface area (Å²) in [6.45, 7) is 1.98. The number of thiazole rings is 1. The lowest BCUT2D eigenvalue weighted by molar-refractivity contribution is 0.873. The zero-order chi connectivity index (χ0) is 15.8. The van der Waals surface area contributed by atoms with Crippen LogP contribution in [0.4, 0.5) is 0 Å². The second-order valence-corrected chi connectivity index (χ2v) is 6.73. The van der Waals surface area contributed by atoms with Crippen LogP contribution in [0.2, 0.25) is 5.28 Å². The number of halogens is 1. The molecule has 0 saturated heterocycles. The van der Waals surface area contributed by atoms with Gasteiger partial charge in [0.05, 0.1) is 10.6 Å². The Morgan fingerprint density at radius 2 is 2.13 bits per heavy atom. The SMILES string of the molecule is Cc1nc(-c2cccnc2)sc1-c1ccn(-c2nc(Cl)ns2)n1. The number of hydrogen-bond acceptors (Lipinski definition) is 7. The summed E-state index contributed by atoms with van der Waals surface area (Å²) in [5.41, 5.74) is 2.79. The molecule has 23 heavy (non-hydrogen) atoms. The first kappa shape index (κ1) is 14.4. The lowest BCUT2D eigenvalue weighted by Crippen LogP contribution is -1.93. The molecule has 0 bridgehead atoms. The number of aromatic nitrogens is 6. The minimum absolute atomic E-state index is 0.231. The number of aryl methyl sites for hydroxylation is 1. The van der Waals surface area contributed by atoms with Crippen LogP contribution in [0.1, 0.15) is 5.69 Å². The first-order valence-corrected chi connectivity index (χ1v) is 8.61. The molecule has 0 N–H and O–H groups in total. The molecule has 6 nitrogen and oxygen atoms in total. The first-order chi connectivity index (χ1) is 11.2. The monoisotopic (exact) mass is 360 g/mol. The van der Waals surface area contributed by atoms with Crippen LogP contribution in [-0.2, 0) is 0 Å². The summed E-state index contributed by atoms with van der Waals surface area (Å²) in [5.74, 6) is 0. The maximum atomic E-state index is 5.76. The molecule has 0 aromatic carbocycles. The standard InChI is InChI=1S/C14H9ClN6S2/c1-8-11(22-12(17-8)9-3-2-5-16-7-9)10-4-6-21(19-10)14-18-13(15)20-23-14/h2-7H,1H3. The fraction of sp³-hybridized carbons (Fsp3) is 0.0714. The van der Waals surface area contributed by atoms with Crippen molar-refractivity contribution in [2.45, 2.75) is 6.92 Å². The molecule has 0 atom stereocenters. The molecule has 0 amide bonds. The second-order valence-electron chi connectivity index (χ2n) is 4.67. The number of pyridine rings is 1.